The van der Waals surface area contributed by atoms with Crippen LogP contribution in [0, 0.1) is 0 Å². The van der Waals surface area contributed by atoms with Crippen LogP contribution in [-0.2, 0) is 7.05 Å². The van der Waals surface area contributed by atoms with Crippen LogP contribution in [0.2, 0.25) is 5.02 Å². The van der Waals surface area contributed by atoms with Crippen molar-refractivity contribution >= 4 is 23.1 Å². The molecule has 0 saturated heterocycles. The molecule has 3 aromatic rings. The van der Waals surface area contributed by atoms with E-state index in [0.717, 1.165) is 5.69 Å². The van der Waals surface area contributed by atoms with Gasteiger partial charge >= 0.3 is 0 Å². The van der Waals surface area contributed by atoms with E-state index in [0.29, 0.717) is 22.2 Å². The van der Waals surface area contributed by atoms with Crippen molar-refractivity contribution in [2.45, 2.75) is 0 Å². The molecule has 0 aromatic carbocycles. The maximum absolute atomic E-state index is 6.08. The molecule has 0 bridgehead atoms. The molecule has 3 heterocycles. The average Bonchev–Trinajstić information content (AvgIpc) is 2.85. The lowest BCUT2D eigenvalue weighted by molar-refractivity contribution is 0.774. The first kappa shape index (κ1) is 10.2. The van der Waals surface area contributed by atoms with Gasteiger partial charge in [0.15, 0.2) is 5.65 Å². The van der Waals surface area contributed by atoms with Gasteiger partial charge in [-0.15, -0.1) is 0 Å². The number of rotatable bonds is 1. The predicted molar refractivity (Wildman–Crippen MR) is 66.8 cm³/mol. The molecule has 0 amide bonds. The summed E-state index contributed by atoms with van der Waals surface area (Å²) in [4.78, 5) is 4.46. The summed E-state index contributed by atoms with van der Waals surface area (Å²) in [7, 11) is 1.85. The minimum Gasteiger partial charge on any atom is -0.383 e. The van der Waals surface area contributed by atoms with Gasteiger partial charge < -0.3 is 5.73 Å². The molecule has 0 aliphatic rings. The zero-order valence-corrected chi connectivity index (χ0v) is 9.89. The number of anilines is 1. The first-order valence-corrected chi connectivity index (χ1v) is 5.46. The molecule has 2 N–H and O–H groups in total. The summed E-state index contributed by atoms with van der Waals surface area (Å²) in [6, 6.07) is 5.49. The number of hydrogen-bond acceptors (Lipinski definition) is 3. The molecular weight excluding hydrogens is 238 g/mol. The molecule has 3 aromatic heterocycles. The molecule has 0 saturated carbocycles. The molecule has 0 atom stereocenters. The lowest BCUT2D eigenvalue weighted by Gasteiger charge is -1.99. The maximum atomic E-state index is 6.08. The minimum atomic E-state index is 0.561. The Morgan fingerprint density at radius 2 is 2.18 bits per heavy atom. The molecule has 3 rings (SSSR count). The van der Waals surface area contributed by atoms with Crippen LogP contribution in [0.3, 0.4) is 0 Å². The predicted octanol–water partition coefficient (Wildman–Crippen LogP) is 1.97. The van der Waals surface area contributed by atoms with E-state index in [2.05, 4.69) is 10.1 Å². The summed E-state index contributed by atoms with van der Waals surface area (Å²) in [5, 5.41) is 4.68. The molecule has 0 spiro atoms. The molecule has 0 aliphatic heterocycles. The monoisotopic (exact) mass is 247 g/mol. The number of halogens is 1. The second-order valence-electron chi connectivity index (χ2n) is 3.74. The van der Waals surface area contributed by atoms with E-state index in [9.17, 15) is 0 Å². The van der Waals surface area contributed by atoms with Gasteiger partial charge in [0.05, 0.1) is 10.7 Å². The Balaban J connectivity index is 2.36. The Kier molecular flexibility index (Phi) is 2.09. The number of fused-ring (bicyclic) bond motifs is 1. The van der Waals surface area contributed by atoms with Gasteiger partial charge in [0.25, 0.3) is 0 Å². The van der Waals surface area contributed by atoms with Crippen LogP contribution >= 0.6 is 11.6 Å². The van der Waals surface area contributed by atoms with Gasteiger partial charge in [0.2, 0.25) is 0 Å². The standard InChI is InChI=1S/C11H10ClN5/c1-16-8(4-5-14-16)9-10(13)17-6-2-3-7(12)11(17)15-9/h2-6H,13H2,1H3. The van der Waals surface area contributed by atoms with Crippen LogP contribution in [0.15, 0.2) is 30.6 Å². The highest BCUT2D eigenvalue weighted by atomic mass is 35.5. The van der Waals surface area contributed by atoms with E-state index in [1.54, 1.807) is 21.3 Å². The third kappa shape index (κ3) is 1.39. The Morgan fingerprint density at radius 3 is 2.82 bits per heavy atom. The second-order valence-corrected chi connectivity index (χ2v) is 4.14. The number of aromatic nitrogens is 4. The van der Waals surface area contributed by atoms with Gasteiger partial charge in [-0.2, -0.15) is 5.10 Å². The van der Waals surface area contributed by atoms with E-state index in [4.69, 9.17) is 17.3 Å². The Hall–Kier alpha value is -2.01. The third-order valence-electron chi connectivity index (χ3n) is 2.70. The van der Waals surface area contributed by atoms with Gasteiger partial charge in [0, 0.05) is 19.4 Å². The molecule has 0 aliphatic carbocycles. The fourth-order valence-electron chi connectivity index (χ4n) is 1.85. The molecule has 0 unspecified atom stereocenters. The summed E-state index contributed by atoms with van der Waals surface area (Å²) < 4.78 is 3.50. The van der Waals surface area contributed by atoms with Gasteiger partial charge in [0.1, 0.15) is 11.5 Å². The lowest BCUT2D eigenvalue weighted by Crippen LogP contribution is -1.97. The zero-order valence-electron chi connectivity index (χ0n) is 9.13. The number of hydrogen-bond donors (Lipinski definition) is 1. The fourth-order valence-corrected chi connectivity index (χ4v) is 2.05. The van der Waals surface area contributed by atoms with Crippen molar-refractivity contribution in [3.05, 3.63) is 35.6 Å². The van der Waals surface area contributed by atoms with Crippen LogP contribution in [-0.4, -0.2) is 19.2 Å². The summed E-state index contributed by atoms with van der Waals surface area (Å²) in [5.41, 5.74) is 8.28. The van der Waals surface area contributed by atoms with Crippen LogP contribution < -0.4 is 5.73 Å². The van der Waals surface area contributed by atoms with Crippen LogP contribution in [0.1, 0.15) is 0 Å². The highest BCUT2D eigenvalue weighted by molar-refractivity contribution is 6.33. The van der Waals surface area contributed by atoms with E-state index in [1.807, 2.05) is 25.4 Å². The van der Waals surface area contributed by atoms with Crippen molar-refractivity contribution in [3.8, 4) is 11.4 Å². The molecule has 0 radical (unpaired) electrons. The van der Waals surface area contributed by atoms with Crippen LogP contribution in [0.25, 0.3) is 17.0 Å². The molecule has 6 heteroatoms. The highest BCUT2D eigenvalue weighted by Gasteiger charge is 2.15. The lowest BCUT2D eigenvalue weighted by atomic mass is 10.3. The van der Waals surface area contributed by atoms with E-state index in [1.165, 1.54) is 0 Å². The normalized spacial score (nSPS) is 11.2. The topological polar surface area (TPSA) is 61.1 Å². The zero-order chi connectivity index (χ0) is 12.0. The quantitative estimate of drug-likeness (QED) is 0.715. The second kappa shape index (κ2) is 3.49. The van der Waals surface area contributed by atoms with Crippen molar-refractivity contribution in [1.29, 1.82) is 0 Å². The first-order valence-electron chi connectivity index (χ1n) is 5.09. The van der Waals surface area contributed by atoms with Crippen LogP contribution in [0.5, 0.6) is 0 Å². The van der Waals surface area contributed by atoms with Crippen molar-refractivity contribution in [3.63, 3.8) is 0 Å². The number of nitrogens with zero attached hydrogens (tertiary/aromatic N) is 4. The number of pyridine rings is 1. The van der Waals surface area contributed by atoms with Crippen molar-refractivity contribution < 1.29 is 0 Å². The number of nitrogen functional groups attached to an aromatic ring is 1. The molecule has 86 valence electrons. The number of aryl methyl sites for hydroxylation is 1. The smallest absolute Gasteiger partial charge is 0.158 e. The van der Waals surface area contributed by atoms with Crippen molar-refractivity contribution in [2.75, 3.05) is 5.73 Å². The fraction of sp³-hybridized carbons (Fsp3) is 0.0909. The third-order valence-corrected chi connectivity index (χ3v) is 3.00. The molecule has 5 nitrogen and oxygen atoms in total. The largest absolute Gasteiger partial charge is 0.383 e. The average molecular weight is 248 g/mol. The van der Waals surface area contributed by atoms with E-state index >= 15 is 0 Å². The first-order chi connectivity index (χ1) is 8.18. The van der Waals surface area contributed by atoms with E-state index in [-0.39, 0.29) is 0 Å². The molecule has 0 fully saturated rings. The summed E-state index contributed by atoms with van der Waals surface area (Å²) in [6.07, 6.45) is 3.55. The van der Waals surface area contributed by atoms with Crippen LogP contribution in [0.4, 0.5) is 5.82 Å². The maximum Gasteiger partial charge on any atom is 0.158 e. The Labute approximate surface area is 102 Å². The Morgan fingerprint density at radius 1 is 1.35 bits per heavy atom. The minimum absolute atomic E-state index is 0.561. The SMILES string of the molecule is Cn1nccc1-c1nc2c(Cl)cccn2c1N. The van der Waals surface area contributed by atoms with Crippen molar-refractivity contribution in [1.82, 2.24) is 19.2 Å². The number of imidazole rings is 1. The van der Waals surface area contributed by atoms with Gasteiger partial charge in [-0.3, -0.25) is 9.08 Å². The highest BCUT2D eigenvalue weighted by Crippen LogP contribution is 2.28. The Bertz CT molecular complexity index is 697. The molecular formula is C11H10ClN5. The van der Waals surface area contributed by atoms with Gasteiger partial charge in [-0.05, 0) is 18.2 Å². The summed E-state index contributed by atoms with van der Waals surface area (Å²) in [6.45, 7) is 0. The molecule has 17 heavy (non-hydrogen) atoms. The number of nitrogens with two attached hydrogens (primary N) is 1. The summed E-state index contributed by atoms with van der Waals surface area (Å²) >= 11 is 6.08. The summed E-state index contributed by atoms with van der Waals surface area (Å²) in [5.74, 6) is 0.561. The van der Waals surface area contributed by atoms with Gasteiger partial charge in [-0.1, -0.05) is 11.6 Å². The van der Waals surface area contributed by atoms with E-state index < -0.39 is 0 Å². The van der Waals surface area contributed by atoms with Crippen molar-refractivity contribution in [2.24, 2.45) is 7.05 Å². The van der Waals surface area contributed by atoms with Gasteiger partial charge in [-0.25, -0.2) is 4.98 Å².